The number of carbonyl (C=O) groups is 1. The number of amides is 1. The fourth-order valence-electron chi connectivity index (χ4n) is 2.67. The van der Waals surface area contributed by atoms with Gasteiger partial charge >= 0.3 is 0 Å². The van der Waals surface area contributed by atoms with Gasteiger partial charge in [-0.2, -0.15) is 0 Å². The van der Waals surface area contributed by atoms with Gasteiger partial charge in [0.15, 0.2) is 0 Å². The lowest BCUT2D eigenvalue weighted by Gasteiger charge is -2.19. The molecule has 1 unspecified atom stereocenters. The lowest BCUT2D eigenvalue weighted by Crippen LogP contribution is -2.29. The zero-order chi connectivity index (χ0) is 20.3. The van der Waals surface area contributed by atoms with E-state index in [0.29, 0.717) is 0 Å². The van der Waals surface area contributed by atoms with E-state index < -0.39 is 10.0 Å². The summed E-state index contributed by atoms with van der Waals surface area (Å²) in [6, 6.07) is 17.4. The highest BCUT2D eigenvalue weighted by Gasteiger charge is 2.24. The Balaban J connectivity index is 1.95. The molecule has 146 valence electrons. The molecule has 1 aromatic heterocycles. The van der Waals surface area contributed by atoms with Crippen LogP contribution in [0, 0.1) is 0 Å². The molecule has 1 heterocycles. The molecule has 3 rings (SSSR count). The highest BCUT2D eigenvalue weighted by molar-refractivity contribution is 7.89. The molecular weight excluding hydrogens is 416 g/mol. The van der Waals surface area contributed by atoms with Crippen LogP contribution in [-0.4, -0.2) is 32.7 Å². The van der Waals surface area contributed by atoms with Crippen molar-refractivity contribution in [3.63, 3.8) is 0 Å². The molecule has 5 nitrogen and oxygen atoms in total. The topological polar surface area (TPSA) is 66.5 Å². The average molecular weight is 435 g/mol. The van der Waals surface area contributed by atoms with Gasteiger partial charge in [-0.25, -0.2) is 12.7 Å². The zero-order valence-electron chi connectivity index (χ0n) is 15.3. The largest absolute Gasteiger partial charge is 0.340 e. The van der Waals surface area contributed by atoms with Gasteiger partial charge in [0.25, 0.3) is 5.91 Å². The minimum Gasteiger partial charge on any atom is -0.340 e. The first-order valence-corrected chi connectivity index (χ1v) is 11.1. The number of sulfonamides is 1. The molecule has 0 aliphatic rings. The summed E-state index contributed by atoms with van der Waals surface area (Å²) in [5.41, 5.74) is 1.16. The fourth-order valence-corrected chi connectivity index (χ4v) is 4.87. The van der Waals surface area contributed by atoms with Crippen molar-refractivity contribution in [1.29, 1.82) is 0 Å². The molecule has 0 fully saturated rings. The van der Waals surface area contributed by atoms with Gasteiger partial charge in [-0.05, 0) is 35.2 Å². The van der Waals surface area contributed by atoms with Gasteiger partial charge in [0.05, 0.1) is 11.1 Å². The van der Waals surface area contributed by atoms with E-state index in [1.165, 1.54) is 43.6 Å². The predicted octanol–water partition coefficient (Wildman–Crippen LogP) is 4.17. The third kappa shape index (κ3) is 4.28. The van der Waals surface area contributed by atoms with Gasteiger partial charge < -0.3 is 5.32 Å². The van der Waals surface area contributed by atoms with Crippen molar-refractivity contribution in [2.75, 3.05) is 14.1 Å². The Hall–Kier alpha value is -2.19. The summed E-state index contributed by atoms with van der Waals surface area (Å²) >= 11 is 7.61. The Morgan fingerprint density at radius 1 is 1.07 bits per heavy atom. The summed E-state index contributed by atoms with van der Waals surface area (Å²) in [5.74, 6) is -0.380. The van der Waals surface area contributed by atoms with Crippen LogP contribution in [0.5, 0.6) is 0 Å². The van der Waals surface area contributed by atoms with E-state index in [2.05, 4.69) is 5.32 Å². The van der Waals surface area contributed by atoms with Crippen LogP contribution in [0.2, 0.25) is 5.02 Å². The number of nitrogens with one attached hydrogen (secondary N) is 1. The quantitative estimate of drug-likeness (QED) is 0.633. The monoisotopic (exact) mass is 434 g/mol. The van der Waals surface area contributed by atoms with Gasteiger partial charge in [-0.15, -0.1) is 11.3 Å². The molecule has 8 heteroatoms. The van der Waals surface area contributed by atoms with Gasteiger partial charge in [0, 0.05) is 24.5 Å². The predicted molar refractivity (Wildman–Crippen MR) is 112 cm³/mol. The molecule has 1 atom stereocenters. The Morgan fingerprint density at radius 3 is 2.39 bits per heavy atom. The Morgan fingerprint density at radius 2 is 1.79 bits per heavy atom. The highest BCUT2D eigenvalue weighted by atomic mass is 35.5. The van der Waals surface area contributed by atoms with Crippen molar-refractivity contribution < 1.29 is 13.2 Å². The average Bonchev–Trinajstić information content (AvgIpc) is 3.21. The zero-order valence-corrected chi connectivity index (χ0v) is 17.7. The molecule has 0 aliphatic carbocycles. The van der Waals surface area contributed by atoms with Crippen LogP contribution in [0.25, 0.3) is 0 Å². The van der Waals surface area contributed by atoms with Crippen LogP contribution in [0.4, 0.5) is 0 Å². The van der Waals surface area contributed by atoms with E-state index in [4.69, 9.17) is 11.6 Å². The van der Waals surface area contributed by atoms with Gasteiger partial charge in [0.2, 0.25) is 10.0 Å². The van der Waals surface area contributed by atoms with E-state index in [1.54, 1.807) is 0 Å². The molecule has 0 saturated carbocycles. The first-order valence-electron chi connectivity index (χ1n) is 8.42. The number of nitrogens with zero attached hydrogens (tertiary/aromatic N) is 1. The number of hydrogen-bond acceptors (Lipinski definition) is 4. The number of rotatable bonds is 6. The lowest BCUT2D eigenvalue weighted by atomic mass is 10.0. The van der Waals surface area contributed by atoms with Crippen molar-refractivity contribution in [1.82, 2.24) is 9.62 Å². The molecule has 1 amide bonds. The van der Waals surface area contributed by atoms with Crippen molar-refractivity contribution in [2.24, 2.45) is 0 Å². The molecule has 1 N–H and O–H groups in total. The summed E-state index contributed by atoms with van der Waals surface area (Å²) in [4.78, 5) is 13.8. The molecule has 2 aromatic carbocycles. The smallest absolute Gasteiger partial charge is 0.252 e. The van der Waals surface area contributed by atoms with Crippen molar-refractivity contribution in [2.45, 2.75) is 10.9 Å². The Kier molecular flexibility index (Phi) is 6.20. The minimum atomic E-state index is -3.76. The van der Waals surface area contributed by atoms with Crippen molar-refractivity contribution >= 4 is 38.9 Å². The molecule has 28 heavy (non-hydrogen) atoms. The van der Waals surface area contributed by atoms with Crippen LogP contribution in [0.1, 0.15) is 26.8 Å². The first-order chi connectivity index (χ1) is 13.3. The number of halogens is 1. The SMILES string of the molecule is CN(C)S(=O)(=O)c1cc(C(=O)NC(c2ccccc2)c2cccs2)ccc1Cl. The van der Waals surface area contributed by atoms with E-state index in [-0.39, 0.29) is 27.4 Å². The van der Waals surface area contributed by atoms with Gasteiger partial charge in [0.1, 0.15) is 4.90 Å². The number of benzene rings is 2. The van der Waals surface area contributed by atoms with Crippen LogP contribution < -0.4 is 5.32 Å². The summed E-state index contributed by atoms with van der Waals surface area (Å²) in [6.07, 6.45) is 0. The molecule has 3 aromatic rings. The summed E-state index contributed by atoms with van der Waals surface area (Å²) in [5, 5.41) is 5.02. The lowest BCUT2D eigenvalue weighted by molar-refractivity contribution is 0.0943. The Labute approximate surface area is 173 Å². The summed E-state index contributed by atoms with van der Waals surface area (Å²) in [7, 11) is -0.929. The Bertz CT molecular complexity index is 1070. The number of thiophene rings is 1. The standard InChI is InChI=1S/C20H19ClN2O3S2/c1-23(2)28(25,26)18-13-15(10-11-16(18)21)20(24)22-19(17-9-6-12-27-17)14-7-4-3-5-8-14/h3-13,19H,1-2H3,(H,22,24). The first kappa shape index (κ1) is 20.5. The fraction of sp³-hybridized carbons (Fsp3) is 0.150. The summed E-state index contributed by atoms with van der Waals surface area (Å²) < 4.78 is 26.0. The van der Waals surface area contributed by atoms with E-state index >= 15 is 0 Å². The normalized spacial score (nSPS) is 12.7. The second kappa shape index (κ2) is 8.45. The molecule has 0 radical (unpaired) electrons. The van der Waals surface area contributed by atoms with E-state index in [1.807, 2.05) is 47.8 Å². The maximum atomic E-state index is 12.9. The number of hydrogen-bond donors (Lipinski definition) is 1. The van der Waals surface area contributed by atoms with Crippen LogP contribution in [0.3, 0.4) is 0 Å². The van der Waals surface area contributed by atoms with Gasteiger partial charge in [-0.3, -0.25) is 4.79 Å². The molecule has 0 saturated heterocycles. The summed E-state index contributed by atoms with van der Waals surface area (Å²) in [6.45, 7) is 0. The maximum Gasteiger partial charge on any atom is 0.252 e. The van der Waals surface area contributed by atoms with E-state index in [9.17, 15) is 13.2 Å². The van der Waals surface area contributed by atoms with Crippen molar-refractivity contribution in [3.05, 3.63) is 87.1 Å². The third-order valence-corrected chi connectivity index (χ3v) is 7.42. The second-order valence-corrected chi connectivity index (χ2v) is 9.77. The minimum absolute atomic E-state index is 0.0723. The van der Waals surface area contributed by atoms with E-state index in [0.717, 1.165) is 14.7 Å². The third-order valence-electron chi connectivity index (χ3n) is 4.19. The second-order valence-electron chi connectivity index (χ2n) is 6.27. The van der Waals surface area contributed by atoms with Crippen LogP contribution >= 0.6 is 22.9 Å². The molecule has 0 bridgehead atoms. The molecule has 0 aliphatic heterocycles. The van der Waals surface area contributed by atoms with Gasteiger partial charge in [-0.1, -0.05) is 48.0 Å². The highest BCUT2D eigenvalue weighted by Crippen LogP contribution is 2.28. The molecular formula is C20H19ClN2O3S2. The number of carbonyl (C=O) groups excluding carboxylic acids is 1. The van der Waals surface area contributed by atoms with Crippen molar-refractivity contribution in [3.8, 4) is 0 Å². The molecule has 0 spiro atoms. The maximum absolute atomic E-state index is 12.9. The van der Waals surface area contributed by atoms with Crippen LogP contribution in [-0.2, 0) is 10.0 Å². The van der Waals surface area contributed by atoms with Crippen LogP contribution in [0.15, 0.2) is 70.9 Å².